The molecule has 0 saturated carbocycles. The van der Waals surface area contributed by atoms with Crippen molar-refractivity contribution in [2.24, 2.45) is 0 Å². The molecule has 30 heavy (non-hydrogen) atoms. The molecule has 1 heterocycles. The van der Waals surface area contributed by atoms with Crippen molar-refractivity contribution in [2.75, 3.05) is 0 Å². The zero-order valence-electron chi connectivity index (χ0n) is 18.0. The number of hydrogen-bond donors (Lipinski definition) is 0. The average molecular weight is 517 g/mol. The van der Waals surface area contributed by atoms with Crippen molar-refractivity contribution in [2.45, 2.75) is 65.5 Å². The van der Waals surface area contributed by atoms with Crippen molar-refractivity contribution in [3.8, 4) is 0 Å². The molecule has 0 amide bonds. The first-order valence-electron chi connectivity index (χ1n) is 11.2. The monoisotopic (exact) mass is 514 g/mol. The topological polar surface area (TPSA) is 0 Å². The molecule has 2 aliphatic carbocycles. The molecule has 2 atom stereocenters. The molecule has 3 heteroatoms. The fourth-order valence-corrected chi connectivity index (χ4v) is 11.3. The van der Waals surface area contributed by atoms with Crippen molar-refractivity contribution >= 4 is 11.1 Å². The van der Waals surface area contributed by atoms with E-state index in [2.05, 4.69) is 68.5 Å². The van der Waals surface area contributed by atoms with Crippen LogP contribution in [0.3, 0.4) is 0 Å². The normalized spacial score (nSPS) is 22.3. The van der Waals surface area contributed by atoms with Gasteiger partial charge in [0, 0.05) is 0 Å². The van der Waals surface area contributed by atoms with E-state index < -0.39 is 23.2 Å². The summed E-state index contributed by atoms with van der Waals surface area (Å²) in [6, 6.07) is 18.8. The van der Waals surface area contributed by atoms with Crippen LogP contribution in [-0.2, 0) is 26.4 Å². The number of halogens is 2. The predicted molar refractivity (Wildman–Crippen MR) is 116 cm³/mol. The third kappa shape index (κ3) is 3.85. The van der Waals surface area contributed by atoms with Gasteiger partial charge in [-0.15, -0.1) is 0 Å². The van der Waals surface area contributed by atoms with Gasteiger partial charge in [0.1, 0.15) is 0 Å². The first-order chi connectivity index (χ1) is 13.8. The van der Waals surface area contributed by atoms with Gasteiger partial charge in [0.25, 0.3) is 0 Å². The Bertz CT molecular complexity index is 974. The number of allylic oxidation sites excluding steroid dienone is 4. The number of unbranched alkanes of at least 4 members (excludes halogenated alkanes) is 2. The molecule has 1 saturated heterocycles. The number of hydrogen-bond acceptors (Lipinski definition) is 0. The predicted octanol–water partition coefficient (Wildman–Crippen LogP) is 1.66. The van der Waals surface area contributed by atoms with E-state index in [0.717, 1.165) is 3.63 Å². The maximum Gasteiger partial charge on any atom is -1.00 e. The summed E-state index contributed by atoms with van der Waals surface area (Å²) in [5, 5.41) is 0. The molecule has 156 valence electrons. The summed E-state index contributed by atoms with van der Waals surface area (Å²) in [6.07, 6.45) is 11.8. The second-order valence-electron chi connectivity index (χ2n) is 8.74. The number of benzene rings is 2. The zero-order chi connectivity index (χ0) is 19.1. The van der Waals surface area contributed by atoms with Crippen molar-refractivity contribution in [1.29, 1.82) is 0 Å². The van der Waals surface area contributed by atoms with Crippen molar-refractivity contribution < 1.29 is 48.0 Å². The van der Waals surface area contributed by atoms with Crippen LogP contribution in [-0.4, -0.2) is 0 Å². The third-order valence-electron chi connectivity index (χ3n) is 6.96. The summed E-state index contributed by atoms with van der Waals surface area (Å²) in [5.74, 6) is 0. The minimum atomic E-state index is -0.675. The molecule has 0 radical (unpaired) electrons. The minimum Gasteiger partial charge on any atom is -1.00 e. The summed E-state index contributed by atoms with van der Waals surface area (Å²) in [4.78, 5) is 0. The molecule has 2 unspecified atom stereocenters. The fourth-order valence-electron chi connectivity index (χ4n) is 5.63. The molecule has 3 aliphatic rings. The Hall–Kier alpha value is -0.617. The Labute approximate surface area is 206 Å². The van der Waals surface area contributed by atoms with E-state index in [0.29, 0.717) is 3.12 Å². The molecule has 2 aromatic rings. The Morgan fingerprint density at radius 1 is 0.867 bits per heavy atom. The molecule has 5 rings (SSSR count). The van der Waals surface area contributed by atoms with Crippen LogP contribution in [0.15, 0.2) is 60.2 Å². The van der Waals surface area contributed by atoms with Gasteiger partial charge in [-0.1, -0.05) is 0 Å². The standard InChI is InChI=1S/C27H30.2ClH.Zr/c1-3-5-11-20-17-23(27-16-10-9-15-24(20)27)19-22-18-21-12-7-8-14-25(21)26(22)13-6-4-2;;;/h7-10,12,14-18H,3-6,11,13,19H2,1-2H3;2*1H;/q;;;+2/p-2. The van der Waals surface area contributed by atoms with Crippen LogP contribution in [0.25, 0.3) is 11.1 Å². The first-order valence-corrected chi connectivity index (χ1v) is 13.8. The van der Waals surface area contributed by atoms with Gasteiger partial charge >= 0.3 is 182 Å². The van der Waals surface area contributed by atoms with E-state index in [4.69, 9.17) is 0 Å². The van der Waals surface area contributed by atoms with Crippen LogP contribution in [0.4, 0.5) is 0 Å². The van der Waals surface area contributed by atoms with Gasteiger partial charge in [-0.2, -0.15) is 0 Å². The van der Waals surface area contributed by atoms with E-state index in [9.17, 15) is 0 Å². The van der Waals surface area contributed by atoms with Gasteiger partial charge in [0.2, 0.25) is 0 Å². The second kappa shape index (κ2) is 9.89. The number of rotatable bonds is 6. The molecular formula is C27H30Cl2Zr. The Morgan fingerprint density at radius 3 is 2.30 bits per heavy atom. The van der Waals surface area contributed by atoms with Crippen LogP contribution < -0.4 is 24.8 Å². The third-order valence-corrected chi connectivity index (χ3v) is 12.0. The van der Waals surface area contributed by atoms with Crippen LogP contribution in [0.1, 0.15) is 84.7 Å². The Balaban J connectivity index is 0.00000128. The van der Waals surface area contributed by atoms with Crippen LogP contribution in [0, 0.1) is 0 Å². The minimum absolute atomic E-state index is 0. The van der Waals surface area contributed by atoms with E-state index in [1.165, 1.54) is 44.9 Å². The molecule has 0 aromatic heterocycles. The average Bonchev–Trinajstić information content (AvgIpc) is 3.34. The van der Waals surface area contributed by atoms with Gasteiger partial charge in [-0.3, -0.25) is 0 Å². The first kappa shape index (κ1) is 24.0. The molecule has 0 nitrogen and oxygen atoms in total. The SMILES string of the molecule is CCCCC1=C[C]2(CC3=C(CCCC)c4ccccc4[CH]3[Zr+2]2)c2ccccc21.[Cl-].[Cl-]. The summed E-state index contributed by atoms with van der Waals surface area (Å²) in [6.45, 7) is 4.64. The van der Waals surface area contributed by atoms with Gasteiger partial charge in [0.15, 0.2) is 0 Å². The van der Waals surface area contributed by atoms with Crippen LogP contribution in [0.2, 0.25) is 0 Å². The molecule has 1 aliphatic heterocycles. The molecule has 0 bridgehead atoms. The van der Waals surface area contributed by atoms with Gasteiger partial charge in [0.05, 0.1) is 0 Å². The van der Waals surface area contributed by atoms with E-state index in [1.54, 1.807) is 33.4 Å². The van der Waals surface area contributed by atoms with Crippen molar-refractivity contribution in [3.63, 3.8) is 0 Å². The Kier molecular flexibility index (Phi) is 7.93. The quantitative estimate of drug-likeness (QED) is 0.548. The van der Waals surface area contributed by atoms with Gasteiger partial charge in [-0.25, -0.2) is 0 Å². The zero-order valence-corrected chi connectivity index (χ0v) is 21.9. The summed E-state index contributed by atoms with van der Waals surface area (Å²) in [5.41, 5.74) is 11.8. The molecule has 1 fully saturated rings. The van der Waals surface area contributed by atoms with E-state index >= 15 is 0 Å². The fraction of sp³-hybridized carbons (Fsp3) is 0.407. The largest absolute Gasteiger partial charge is 1.00 e. The molecule has 1 spiro atoms. The number of fused-ring (bicyclic) bond motifs is 5. The molecular weight excluding hydrogens is 486 g/mol. The van der Waals surface area contributed by atoms with Crippen molar-refractivity contribution in [3.05, 3.63) is 82.4 Å². The van der Waals surface area contributed by atoms with E-state index in [-0.39, 0.29) is 24.8 Å². The summed E-state index contributed by atoms with van der Waals surface area (Å²) >= 11 is -0.675. The van der Waals surface area contributed by atoms with Gasteiger partial charge in [-0.05, 0) is 0 Å². The molecule has 0 N–H and O–H groups in total. The van der Waals surface area contributed by atoms with Crippen LogP contribution in [0.5, 0.6) is 0 Å². The van der Waals surface area contributed by atoms with Crippen molar-refractivity contribution in [1.82, 2.24) is 0 Å². The second-order valence-corrected chi connectivity index (χ2v) is 13.1. The Morgan fingerprint density at radius 2 is 1.53 bits per heavy atom. The summed E-state index contributed by atoms with van der Waals surface area (Å²) in [7, 11) is 0. The van der Waals surface area contributed by atoms with Crippen LogP contribution >= 0.6 is 0 Å². The maximum atomic E-state index is 2.77. The summed E-state index contributed by atoms with van der Waals surface area (Å²) < 4.78 is 1.22. The smallest absolute Gasteiger partial charge is 1.00 e. The van der Waals surface area contributed by atoms with E-state index in [1.807, 2.05) is 5.57 Å². The van der Waals surface area contributed by atoms with Gasteiger partial charge < -0.3 is 24.8 Å². The maximum absolute atomic E-state index is 2.77. The molecule has 2 aromatic carbocycles.